The highest BCUT2D eigenvalue weighted by Crippen LogP contribution is 2.11. The lowest BCUT2D eigenvalue weighted by Crippen LogP contribution is -2.29. The molecule has 0 spiro atoms. The van der Waals surface area contributed by atoms with Crippen LogP contribution in [0.4, 0.5) is 0 Å². The molecule has 0 aliphatic carbocycles. The topological polar surface area (TPSA) is 15.3 Å². The Morgan fingerprint density at radius 3 is 2.78 bits per heavy atom. The monoisotopic (exact) mass is 268 g/mol. The largest absolute Gasteiger partial charge is 0.315 e. The number of nitrogens with zero attached hydrogens (tertiary/aromatic N) is 1. The lowest BCUT2D eigenvalue weighted by molar-refractivity contribution is 0.324. The maximum atomic E-state index is 5.97. The van der Waals surface area contributed by atoms with Gasteiger partial charge < -0.3 is 10.2 Å². The Morgan fingerprint density at radius 2 is 2.06 bits per heavy atom. The van der Waals surface area contributed by atoms with Crippen molar-refractivity contribution in [2.24, 2.45) is 0 Å². The van der Waals surface area contributed by atoms with E-state index in [0.29, 0.717) is 0 Å². The third-order valence-corrected chi connectivity index (χ3v) is 3.20. The first-order valence-electron chi connectivity index (χ1n) is 6.86. The number of likely N-dealkylation sites (N-methyl/N-ethyl adjacent to an activating group) is 1. The molecule has 2 nitrogen and oxygen atoms in total. The highest BCUT2D eigenvalue weighted by atomic mass is 35.5. The molecular weight excluding hydrogens is 244 g/mol. The van der Waals surface area contributed by atoms with Crippen LogP contribution in [0.1, 0.15) is 31.7 Å². The van der Waals surface area contributed by atoms with E-state index in [-0.39, 0.29) is 0 Å². The van der Waals surface area contributed by atoms with Crippen LogP contribution in [-0.2, 0) is 6.54 Å². The van der Waals surface area contributed by atoms with Crippen molar-refractivity contribution in [1.29, 1.82) is 0 Å². The molecule has 18 heavy (non-hydrogen) atoms. The molecule has 0 aliphatic rings. The molecule has 0 heterocycles. The Morgan fingerprint density at radius 1 is 1.22 bits per heavy atom. The first-order valence-corrected chi connectivity index (χ1v) is 7.24. The molecule has 0 bridgehead atoms. The maximum absolute atomic E-state index is 5.97. The van der Waals surface area contributed by atoms with E-state index in [0.717, 1.165) is 31.2 Å². The molecule has 0 saturated carbocycles. The molecule has 1 N–H and O–H groups in total. The minimum atomic E-state index is 0.818. The van der Waals surface area contributed by atoms with Crippen LogP contribution < -0.4 is 5.32 Å². The number of benzene rings is 1. The van der Waals surface area contributed by atoms with Gasteiger partial charge >= 0.3 is 0 Å². The van der Waals surface area contributed by atoms with Gasteiger partial charge in [-0.15, -0.1) is 0 Å². The Bertz CT molecular complexity index is 328. The zero-order chi connectivity index (χ0) is 13.2. The normalized spacial score (nSPS) is 11.1. The quantitative estimate of drug-likeness (QED) is 0.689. The maximum Gasteiger partial charge on any atom is 0.0409 e. The van der Waals surface area contributed by atoms with Crippen molar-refractivity contribution in [3.8, 4) is 0 Å². The highest BCUT2D eigenvalue weighted by molar-refractivity contribution is 6.30. The molecule has 0 saturated heterocycles. The summed E-state index contributed by atoms with van der Waals surface area (Å²) in [6.07, 6.45) is 3.90. The van der Waals surface area contributed by atoms with Crippen LogP contribution in [0, 0.1) is 0 Å². The van der Waals surface area contributed by atoms with E-state index in [1.807, 2.05) is 18.2 Å². The van der Waals surface area contributed by atoms with Gasteiger partial charge in [0.1, 0.15) is 0 Å². The Hall–Kier alpha value is -0.570. The summed E-state index contributed by atoms with van der Waals surface area (Å²) in [6.45, 7) is 6.45. The minimum Gasteiger partial charge on any atom is -0.315 e. The van der Waals surface area contributed by atoms with Crippen LogP contribution in [0.3, 0.4) is 0 Å². The van der Waals surface area contributed by atoms with E-state index < -0.39 is 0 Å². The van der Waals surface area contributed by atoms with Crippen molar-refractivity contribution in [3.05, 3.63) is 34.9 Å². The second-order valence-corrected chi connectivity index (χ2v) is 5.26. The summed E-state index contributed by atoms with van der Waals surface area (Å²) in [5.41, 5.74) is 1.27. The number of rotatable bonds is 9. The first kappa shape index (κ1) is 15.5. The van der Waals surface area contributed by atoms with Gasteiger partial charge in [0.2, 0.25) is 0 Å². The predicted molar refractivity (Wildman–Crippen MR) is 80.2 cm³/mol. The molecule has 1 aromatic rings. The SMILES string of the molecule is CCCCCNCCN(C)Cc1cccc(Cl)c1. The fraction of sp³-hybridized carbons (Fsp3) is 0.600. The lowest BCUT2D eigenvalue weighted by Gasteiger charge is -2.17. The van der Waals surface area contributed by atoms with E-state index in [1.54, 1.807) is 0 Å². The summed E-state index contributed by atoms with van der Waals surface area (Å²) >= 11 is 5.97. The van der Waals surface area contributed by atoms with Crippen LogP contribution in [-0.4, -0.2) is 31.6 Å². The predicted octanol–water partition coefficient (Wildman–Crippen LogP) is 3.55. The van der Waals surface area contributed by atoms with E-state index >= 15 is 0 Å². The van der Waals surface area contributed by atoms with Crippen molar-refractivity contribution in [3.63, 3.8) is 0 Å². The van der Waals surface area contributed by atoms with Crippen LogP contribution in [0.2, 0.25) is 5.02 Å². The highest BCUT2D eigenvalue weighted by Gasteiger charge is 2.00. The minimum absolute atomic E-state index is 0.818. The number of hydrogen-bond donors (Lipinski definition) is 1. The van der Waals surface area contributed by atoms with Gasteiger partial charge in [-0.05, 0) is 37.7 Å². The molecule has 0 unspecified atom stereocenters. The molecular formula is C15H25ClN2. The molecule has 102 valence electrons. The molecule has 3 heteroatoms. The molecule has 0 atom stereocenters. The summed E-state index contributed by atoms with van der Waals surface area (Å²) in [4.78, 5) is 2.32. The molecule has 0 radical (unpaired) electrons. The van der Waals surface area contributed by atoms with Crippen molar-refractivity contribution in [1.82, 2.24) is 10.2 Å². The third-order valence-electron chi connectivity index (χ3n) is 2.97. The fourth-order valence-corrected chi connectivity index (χ4v) is 2.13. The molecule has 1 aromatic carbocycles. The van der Waals surface area contributed by atoms with Gasteiger partial charge in [-0.3, -0.25) is 0 Å². The molecule has 0 aliphatic heterocycles. The van der Waals surface area contributed by atoms with Crippen molar-refractivity contribution in [2.75, 3.05) is 26.7 Å². The zero-order valence-electron chi connectivity index (χ0n) is 11.6. The summed E-state index contributed by atoms with van der Waals surface area (Å²) in [5, 5.41) is 4.30. The van der Waals surface area contributed by atoms with Crippen molar-refractivity contribution >= 4 is 11.6 Å². The molecule has 0 aromatic heterocycles. The Balaban J connectivity index is 2.12. The van der Waals surface area contributed by atoms with E-state index in [1.165, 1.54) is 24.8 Å². The second-order valence-electron chi connectivity index (χ2n) is 4.82. The van der Waals surface area contributed by atoms with Gasteiger partial charge in [-0.1, -0.05) is 43.5 Å². The van der Waals surface area contributed by atoms with Crippen LogP contribution in [0.5, 0.6) is 0 Å². The second kappa shape index (κ2) is 9.37. The van der Waals surface area contributed by atoms with Gasteiger partial charge in [-0.2, -0.15) is 0 Å². The number of unbranched alkanes of at least 4 members (excludes halogenated alkanes) is 2. The molecule has 0 amide bonds. The standard InChI is InChI=1S/C15H25ClN2/c1-3-4-5-9-17-10-11-18(2)13-14-7-6-8-15(16)12-14/h6-8,12,17H,3-5,9-11,13H2,1-2H3. The Kier molecular flexibility index (Phi) is 8.06. The summed E-state index contributed by atoms with van der Waals surface area (Å²) < 4.78 is 0. The number of halogens is 1. The van der Waals surface area contributed by atoms with Gasteiger partial charge in [-0.25, -0.2) is 0 Å². The van der Waals surface area contributed by atoms with Gasteiger partial charge in [0.05, 0.1) is 0 Å². The summed E-state index contributed by atoms with van der Waals surface area (Å²) in [7, 11) is 2.15. The Labute approximate surface area is 116 Å². The van der Waals surface area contributed by atoms with E-state index in [9.17, 15) is 0 Å². The zero-order valence-corrected chi connectivity index (χ0v) is 12.3. The lowest BCUT2D eigenvalue weighted by atomic mass is 10.2. The van der Waals surface area contributed by atoms with Crippen LogP contribution >= 0.6 is 11.6 Å². The first-order chi connectivity index (χ1) is 8.72. The van der Waals surface area contributed by atoms with Gasteiger partial charge in [0.15, 0.2) is 0 Å². The van der Waals surface area contributed by atoms with Crippen LogP contribution in [0.25, 0.3) is 0 Å². The summed E-state index contributed by atoms with van der Waals surface area (Å²) in [5.74, 6) is 0. The summed E-state index contributed by atoms with van der Waals surface area (Å²) in [6, 6.07) is 8.08. The van der Waals surface area contributed by atoms with Crippen molar-refractivity contribution < 1.29 is 0 Å². The third kappa shape index (κ3) is 7.00. The van der Waals surface area contributed by atoms with Gasteiger partial charge in [0, 0.05) is 24.7 Å². The molecule has 0 fully saturated rings. The van der Waals surface area contributed by atoms with E-state index in [2.05, 4.69) is 30.3 Å². The van der Waals surface area contributed by atoms with Gasteiger partial charge in [0.25, 0.3) is 0 Å². The van der Waals surface area contributed by atoms with E-state index in [4.69, 9.17) is 11.6 Å². The van der Waals surface area contributed by atoms with Crippen LogP contribution in [0.15, 0.2) is 24.3 Å². The smallest absolute Gasteiger partial charge is 0.0409 e. The number of nitrogens with one attached hydrogen (secondary N) is 1. The van der Waals surface area contributed by atoms with Crippen molar-refractivity contribution in [2.45, 2.75) is 32.7 Å². The number of hydrogen-bond acceptors (Lipinski definition) is 2. The average molecular weight is 269 g/mol. The average Bonchev–Trinajstić information content (AvgIpc) is 2.33. The fourth-order valence-electron chi connectivity index (χ4n) is 1.92. The molecule has 1 rings (SSSR count).